The van der Waals surface area contributed by atoms with Crippen molar-refractivity contribution in [3.63, 3.8) is 0 Å². The van der Waals surface area contributed by atoms with Crippen molar-refractivity contribution in [2.24, 2.45) is 23.7 Å². The molecule has 0 nitrogen and oxygen atoms in total. The van der Waals surface area contributed by atoms with Gasteiger partial charge in [-0.25, -0.2) is 0 Å². The fourth-order valence-electron chi connectivity index (χ4n) is 4.17. The van der Waals surface area contributed by atoms with Crippen molar-refractivity contribution in [1.29, 1.82) is 0 Å². The lowest BCUT2D eigenvalue weighted by Gasteiger charge is -2.37. The van der Waals surface area contributed by atoms with Gasteiger partial charge in [-0.1, -0.05) is 38.5 Å². The van der Waals surface area contributed by atoms with Crippen LogP contribution < -0.4 is 0 Å². The lowest BCUT2D eigenvalue weighted by molar-refractivity contribution is 0.154. The summed E-state index contributed by atoms with van der Waals surface area (Å²) in [6, 6.07) is 0. The van der Waals surface area contributed by atoms with E-state index in [1.54, 1.807) is 0 Å². The molecule has 0 aromatic rings. The van der Waals surface area contributed by atoms with E-state index >= 15 is 0 Å². The van der Waals surface area contributed by atoms with Gasteiger partial charge in [0.25, 0.3) is 0 Å². The lowest BCUT2D eigenvalue weighted by atomic mass is 9.69. The van der Waals surface area contributed by atoms with Crippen molar-refractivity contribution in [3.8, 4) is 11.3 Å². The molecule has 2 aliphatic rings. The second-order valence-electron chi connectivity index (χ2n) is 6.42. The number of hydrogen-bond donors (Lipinski definition) is 0. The summed E-state index contributed by atoms with van der Waals surface area (Å²) in [6.07, 6.45) is 14.2. The quantitative estimate of drug-likeness (QED) is 0.584. The van der Waals surface area contributed by atoms with Crippen molar-refractivity contribution < 1.29 is 0 Å². The van der Waals surface area contributed by atoms with E-state index in [2.05, 4.69) is 18.2 Å². The first-order valence-electron chi connectivity index (χ1n) is 7.94. The van der Waals surface area contributed by atoms with Gasteiger partial charge in [0.2, 0.25) is 0 Å². The Morgan fingerprint density at radius 1 is 0.889 bits per heavy atom. The minimum atomic E-state index is 0.593. The molecule has 0 atom stereocenters. The molecule has 18 heavy (non-hydrogen) atoms. The summed E-state index contributed by atoms with van der Waals surface area (Å²) in [4.78, 5) is 0. The van der Waals surface area contributed by atoms with Gasteiger partial charge in [-0.05, 0) is 67.9 Å². The van der Waals surface area contributed by atoms with Gasteiger partial charge in [0, 0.05) is 11.3 Å². The molecule has 0 aromatic heterocycles. The van der Waals surface area contributed by atoms with Crippen LogP contribution >= 0.6 is 11.6 Å². The molecule has 102 valence electrons. The molecule has 2 fully saturated rings. The molecule has 2 rings (SSSR count). The third-order valence-corrected chi connectivity index (χ3v) is 5.39. The van der Waals surface area contributed by atoms with Crippen LogP contribution in [0.1, 0.15) is 71.1 Å². The normalized spacial score (nSPS) is 36.8. The van der Waals surface area contributed by atoms with Crippen molar-refractivity contribution in [1.82, 2.24) is 0 Å². The Morgan fingerprint density at radius 2 is 1.44 bits per heavy atom. The molecule has 0 saturated heterocycles. The van der Waals surface area contributed by atoms with Gasteiger partial charge in [0.05, 0.1) is 0 Å². The standard InChI is InChI=1S/C17H27Cl/c1-2-3-14-4-8-16(9-5-14)17-10-6-15(7-11-17)12-13-18/h14-17H,2-11H2,1H3/t14-,15-,16-,17-. The van der Waals surface area contributed by atoms with Crippen LogP contribution in [0.3, 0.4) is 0 Å². The zero-order chi connectivity index (χ0) is 12.8. The summed E-state index contributed by atoms with van der Waals surface area (Å²) in [5.41, 5.74) is 0. The number of halogens is 1. The molecule has 0 unspecified atom stereocenters. The monoisotopic (exact) mass is 266 g/mol. The molecular formula is C17H27Cl. The molecule has 0 radical (unpaired) electrons. The molecular weight excluding hydrogens is 240 g/mol. The van der Waals surface area contributed by atoms with Crippen LogP contribution in [-0.4, -0.2) is 0 Å². The van der Waals surface area contributed by atoms with Crippen LogP contribution in [0.2, 0.25) is 0 Å². The van der Waals surface area contributed by atoms with E-state index < -0.39 is 0 Å². The molecule has 2 saturated carbocycles. The van der Waals surface area contributed by atoms with Crippen LogP contribution in [0.5, 0.6) is 0 Å². The molecule has 0 aromatic carbocycles. The van der Waals surface area contributed by atoms with Crippen molar-refractivity contribution in [3.05, 3.63) is 0 Å². The summed E-state index contributed by atoms with van der Waals surface area (Å²) in [5, 5.41) is 2.57. The number of hydrogen-bond acceptors (Lipinski definition) is 0. The summed E-state index contributed by atoms with van der Waals surface area (Å²) >= 11 is 5.50. The average molecular weight is 267 g/mol. The van der Waals surface area contributed by atoms with Crippen LogP contribution in [0, 0.1) is 35.0 Å². The zero-order valence-corrected chi connectivity index (χ0v) is 12.5. The first-order chi connectivity index (χ1) is 8.83. The molecule has 0 amide bonds. The summed E-state index contributed by atoms with van der Waals surface area (Å²) in [7, 11) is 0. The predicted octanol–water partition coefficient (Wildman–Crippen LogP) is 5.60. The maximum Gasteiger partial charge on any atom is 0.0215 e. The average Bonchev–Trinajstić information content (AvgIpc) is 2.41. The highest BCUT2D eigenvalue weighted by molar-refractivity contribution is 6.30. The van der Waals surface area contributed by atoms with E-state index in [4.69, 9.17) is 11.6 Å². The lowest BCUT2D eigenvalue weighted by Crippen LogP contribution is -2.25. The molecule has 0 N–H and O–H groups in total. The van der Waals surface area contributed by atoms with E-state index in [1.165, 1.54) is 64.2 Å². The van der Waals surface area contributed by atoms with E-state index in [9.17, 15) is 0 Å². The Kier molecular flexibility index (Phi) is 5.90. The van der Waals surface area contributed by atoms with E-state index in [1.807, 2.05) is 0 Å². The van der Waals surface area contributed by atoms with E-state index in [-0.39, 0.29) is 0 Å². The Balaban J connectivity index is 1.72. The Bertz CT molecular complexity index is 282. The molecule has 0 spiro atoms. The van der Waals surface area contributed by atoms with Gasteiger partial charge < -0.3 is 0 Å². The van der Waals surface area contributed by atoms with Crippen molar-refractivity contribution in [2.45, 2.75) is 71.1 Å². The predicted molar refractivity (Wildman–Crippen MR) is 79.4 cm³/mol. The third kappa shape index (κ3) is 3.92. The summed E-state index contributed by atoms with van der Waals surface area (Å²) < 4.78 is 0. The van der Waals surface area contributed by atoms with Gasteiger partial charge in [-0.2, -0.15) is 0 Å². The van der Waals surface area contributed by atoms with Crippen molar-refractivity contribution >= 4 is 11.6 Å². The minimum absolute atomic E-state index is 0.593. The van der Waals surface area contributed by atoms with E-state index in [0.29, 0.717) is 5.92 Å². The Hall–Kier alpha value is -0.150. The van der Waals surface area contributed by atoms with Crippen LogP contribution in [0.25, 0.3) is 0 Å². The van der Waals surface area contributed by atoms with Gasteiger partial charge in [-0.15, -0.1) is 0 Å². The first-order valence-corrected chi connectivity index (χ1v) is 8.32. The second kappa shape index (κ2) is 7.44. The minimum Gasteiger partial charge on any atom is -0.0825 e. The highest BCUT2D eigenvalue weighted by Gasteiger charge is 2.30. The largest absolute Gasteiger partial charge is 0.0825 e. The van der Waals surface area contributed by atoms with Crippen LogP contribution in [0.4, 0.5) is 0 Å². The van der Waals surface area contributed by atoms with Crippen LogP contribution in [0.15, 0.2) is 0 Å². The smallest absolute Gasteiger partial charge is 0.0215 e. The van der Waals surface area contributed by atoms with Gasteiger partial charge in [0.1, 0.15) is 0 Å². The van der Waals surface area contributed by atoms with E-state index in [0.717, 1.165) is 17.8 Å². The SMILES string of the molecule is CCC[C@H]1CC[C@H]([C@H]2CC[C@H](C#CCl)CC2)CC1. The Morgan fingerprint density at radius 3 is 1.94 bits per heavy atom. The van der Waals surface area contributed by atoms with Gasteiger partial charge in [0.15, 0.2) is 0 Å². The molecule has 1 heteroatoms. The highest BCUT2D eigenvalue weighted by atomic mass is 35.5. The highest BCUT2D eigenvalue weighted by Crippen LogP contribution is 2.42. The Labute approximate surface area is 118 Å². The van der Waals surface area contributed by atoms with Crippen LogP contribution in [-0.2, 0) is 0 Å². The first kappa shape index (κ1) is 14.3. The van der Waals surface area contributed by atoms with Gasteiger partial charge >= 0.3 is 0 Å². The maximum atomic E-state index is 5.50. The maximum absolute atomic E-state index is 5.50. The topological polar surface area (TPSA) is 0 Å². The fraction of sp³-hybridized carbons (Fsp3) is 0.882. The molecule has 0 heterocycles. The molecule has 0 aliphatic heterocycles. The zero-order valence-electron chi connectivity index (χ0n) is 11.8. The molecule has 2 aliphatic carbocycles. The fourth-order valence-corrected chi connectivity index (χ4v) is 4.32. The molecule has 0 bridgehead atoms. The van der Waals surface area contributed by atoms with Crippen molar-refractivity contribution in [2.75, 3.05) is 0 Å². The third-order valence-electron chi connectivity index (χ3n) is 5.29. The second-order valence-corrected chi connectivity index (χ2v) is 6.61. The number of rotatable bonds is 3. The summed E-state index contributed by atoms with van der Waals surface area (Å²) in [5.74, 6) is 6.82. The summed E-state index contributed by atoms with van der Waals surface area (Å²) in [6.45, 7) is 2.32. The van der Waals surface area contributed by atoms with Gasteiger partial charge in [-0.3, -0.25) is 0 Å².